The Morgan fingerprint density at radius 1 is 1.41 bits per heavy atom. The first-order chi connectivity index (χ1) is 10.3. The fourth-order valence-corrected chi connectivity index (χ4v) is 4.97. The van der Waals surface area contributed by atoms with Gasteiger partial charge in [0.1, 0.15) is 4.90 Å². The number of sulfonamides is 1. The van der Waals surface area contributed by atoms with Crippen molar-refractivity contribution in [2.45, 2.75) is 30.2 Å². The normalized spacial score (nSPS) is 22.2. The van der Waals surface area contributed by atoms with Gasteiger partial charge in [-0.05, 0) is 37.9 Å². The molecule has 124 valence electrons. The van der Waals surface area contributed by atoms with Crippen LogP contribution in [0.1, 0.15) is 18.4 Å². The summed E-state index contributed by atoms with van der Waals surface area (Å²) in [6.07, 6.45) is 1.83. The molecule has 0 radical (unpaired) electrons. The first-order valence-electron chi connectivity index (χ1n) is 6.99. The van der Waals surface area contributed by atoms with E-state index < -0.39 is 10.0 Å². The first kappa shape index (κ1) is 18.0. The molecule has 2 N–H and O–H groups in total. The van der Waals surface area contributed by atoms with Gasteiger partial charge in [-0.25, -0.2) is 13.1 Å². The van der Waals surface area contributed by atoms with Crippen LogP contribution in [0.4, 0.5) is 0 Å². The van der Waals surface area contributed by atoms with Crippen LogP contribution < -0.4 is 10.0 Å². The van der Waals surface area contributed by atoms with Crippen molar-refractivity contribution < 1.29 is 13.2 Å². The number of hydrogen-bond donors (Lipinski definition) is 2. The zero-order valence-corrected chi connectivity index (χ0v) is 14.9. The molecule has 8 heteroatoms. The number of nitrogens with one attached hydrogen (secondary N) is 2. The minimum absolute atomic E-state index is 0.0682. The van der Waals surface area contributed by atoms with Crippen molar-refractivity contribution in [3.8, 4) is 0 Å². The summed E-state index contributed by atoms with van der Waals surface area (Å²) in [6, 6.07) is 3.23. The molecule has 22 heavy (non-hydrogen) atoms. The van der Waals surface area contributed by atoms with Gasteiger partial charge in [-0.15, -0.1) is 0 Å². The van der Waals surface area contributed by atoms with Gasteiger partial charge < -0.3 is 10.1 Å². The van der Waals surface area contributed by atoms with Crippen molar-refractivity contribution in [2.24, 2.45) is 0 Å². The smallest absolute Gasteiger partial charge is 0.243 e. The van der Waals surface area contributed by atoms with Gasteiger partial charge in [-0.2, -0.15) is 0 Å². The third-order valence-electron chi connectivity index (χ3n) is 3.86. The van der Waals surface area contributed by atoms with E-state index in [2.05, 4.69) is 10.0 Å². The van der Waals surface area contributed by atoms with Gasteiger partial charge in [0.05, 0.1) is 22.2 Å². The Labute approximate surface area is 141 Å². The number of halogens is 2. The predicted molar refractivity (Wildman–Crippen MR) is 88.2 cm³/mol. The van der Waals surface area contributed by atoms with Crippen LogP contribution in [0.3, 0.4) is 0 Å². The van der Waals surface area contributed by atoms with Crippen LogP contribution >= 0.6 is 23.2 Å². The van der Waals surface area contributed by atoms with Crippen LogP contribution in [0.25, 0.3) is 0 Å². The Bertz CT molecular complexity index is 644. The number of rotatable bonds is 6. The van der Waals surface area contributed by atoms with Crippen LogP contribution in [0, 0.1) is 6.92 Å². The van der Waals surface area contributed by atoms with E-state index in [9.17, 15) is 8.42 Å². The van der Waals surface area contributed by atoms with E-state index in [0.717, 1.165) is 19.4 Å². The zero-order chi connectivity index (χ0) is 16.4. The molecule has 2 rings (SSSR count). The highest BCUT2D eigenvalue weighted by Crippen LogP contribution is 2.32. The molecule has 5 nitrogen and oxygen atoms in total. The van der Waals surface area contributed by atoms with Crippen LogP contribution in [0.2, 0.25) is 10.0 Å². The van der Waals surface area contributed by atoms with E-state index >= 15 is 0 Å². The van der Waals surface area contributed by atoms with E-state index in [1.165, 1.54) is 6.07 Å². The lowest BCUT2D eigenvalue weighted by Crippen LogP contribution is -2.52. The number of ether oxygens (including phenoxy) is 1. The van der Waals surface area contributed by atoms with Crippen molar-refractivity contribution in [1.82, 2.24) is 10.0 Å². The Kier molecular flexibility index (Phi) is 5.74. The van der Waals surface area contributed by atoms with Gasteiger partial charge in [0.15, 0.2) is 0 Å². The van der Waals surface area contributed by atoms with Crippen LogP contribution in [0.15, 0.2) is 17.0 Å². The molecule has 0 saturated carbocycles. The van der Waals surface area contributed by atoms with E-state index in [0.29, 0.717) is 12.2 Å². The number of benzene rings is 1. The Balaban J connectivity index is 2.23. The fourth-order valence-electron chi connectivity index (χ4n) is 2.65. The minimum atomic E-state index is -3.80. The lowest BCUT2D eigenvalue weighted by Gasteiger charge is -2.29. The molecule has 0 aromatic heterocycles. The second kappa shape index (κ2) is 7.03. The van der Waals surface area contributed by atoms with Gasteiger partial charge in [0.2, 0.25) is 10.0 Å². The Hall–Kier alpha value is -0.370. The molecule has 1 aromatic carbocycles. The third kappa shape index (κ3) is 3.75. The summed E-state index contributed by atoms with van der Waals surface area (Å²) >= 11 is 12.2. The topological polar surface area (TPSA) is 67.4 Å². The van der Waals surface area contributed by atoms with Crippen molar-refractivity contribution in [3.63, 3.8) is 0 Å². The molecule has 0 bridgehead atoms. The van der Waals surface area contributed by atoms with Crippen molar-refractivity contribution >= 4 is 33.2 Å². The molecule has 1 aliphatic heterocycles. The van der Waals surface area contributed by atoms with Gasteiger partial charge in [0.25, 0.3) is 0 Å². The van der Waals surface area contributed by atoms with E-state index in [1.807, 2.05) is 0 Å². The van der Waals surface area contributed by atoms with E-state index in [1.54, 1.807) is 20.1 Å². The molecular formula is C14H20Cl2N2O3S. The van der Waals surface area contributed by atoms with E-state index in [4.69, 9.17) is 27.9 Å². The summed E-state index contributed by atoms with van der Waals surface area (Å²) < 4.78 is 33.0. The molecule has 0 amide bonds. The number of hydrogen-bond acceptors (Lipinski definition) is 4. The molecule has 1 fully saturated rings. The van der Waals surface area contributed by atoms with Crippen LogP contribution in [0.5, 0.6) is 0 Å². The first-order valence-corrected chi connectivity index (χ1v) is 9.23. The highest BCUT2D eigenvalue weighted by Gasteiger charge is 2.35. The summed E-state index contributed by atoms with van der Waals surface area (Å²) in [5.41, 5.74) is 0.280. The second-order valence-electron chi connectivity index (χ2n) is 5.58. The minimum Gasteiger partial charge on any atom is -0.383 e. The molecule has 0 spiro atoms. The average Bonchev–Trinajstić information content (AvgIpc) is 2.91. The lowest BCUT2D eigenvalue weighted by atomic mass is 9.99. The highest BCUT2D eigenvalue weighted by atomic mass is 35.5. The molecular weight excluding hydrogens is 347 g/mol. The Morgan fingerprint density at radius 3 is 2.73 bits per heavy atom. The number of aryl methyl sites for hydroxylation is 1. The summed E-state index contributed by atoms with van der Waals surface area (Å²) in [6.45, 7) is 3.24. The van der Waals surface area contributed by atoms with Crippen LogP contribution in [-0.4, -0.2) is 40.8 Å². The molecule has 1 heterocycles. The predicted octanol–water partition coefficient (Wildman–Crippen LogP) is 2.35. The molecule has 1 aromatic rings. The van der Waals surface area contributed by atoms with Crippen molar-refractivity contribution in [1.29, 1.82) is 0 Å². The molecule has 1 unspecified atom stereocenters. The second-order valence-corrected chi connectivity index (χ2v) is 8.06. The summed E-state index contributed by atoms with van der Waals surface area (Å²) in [7, 11) is -2.20. The monoisotopic (exact) mass is 366 g/mol. The standard InChI is InChI=1S/C14H20Cl2N2O3S/c1-10-4-5-11(15)13(12(10)16)22(19,20)18-8-14(9-21-2)6-3-7-17-14/h4-5,17-18H,3,6-9H2,1-2H3. The summed E-state index contributed by atoms with van der Waals surface area (Å²) in [4.78, 5) is -0.0682. The van der Waals surface area contributed by atoms with Gasteiger partial charge in [0, 0.05) is 13.7 Å². The molecule has 1 atom stereocenters. The SMILES string of the molecule is COCC1(CNS(=O)(=O)c2c(Cl)ccc(C)c2Cl)CCCN1. The van der Waals surface area contributed by atoms with Gasteiger partial charge >= 0.3 is 0 Å². The maximum Gasteiger partial charge on any atom is 0.243 e. The lowest BCUT2D eigenvalue weighted by molar-refractivity contribution is 0.122. The average molecular weight is 367 g/mol. The summed E-state index contributed by atoms with van der Waals surface area (Å²) in [5, 5.41) is 3.58. The molecule has 0 aliphatic carbocycles. The van der Waals surface area contributed by atoms with Gasteiger partial charge in [-0.1, -0.05) is 29.3 Å². The molecule has 1 saturated heterocycles. The maximum atomic E-state index is 12.6. The quantitative estimate of drug-likeness (QED) is 0.810. The van der Waals surface area contributed by atoms with E-state index in [-0.39, 0.29) is 27.0 Å². The summed E-state index contributed by atoms with van der Waals surface area (Å²) in [5.74, 6) is 0. The van der Waals surface area contributed by atoms with Crippen LogP contribution in [-0.2, 0) is 14.8 Å². The third-order valence-corrected chi connectivity index (χ3v) is 6.38. The molecule has 1 aliphatic rings. The van der Waals surface area contributed by atoms with Gasteiger partial charge in [-0.3, -0.25) is 0 Å². The van der Waals surface area contributed by atoms with Crippen molar-refractivity contribution in [2.75, 3.05) is 26.8 Å². The zero-order valence-electron chi connectivity index (χ0n) is 12.6. The Morgan fingerprint density at radius 2 is 2.14 bits per heavy atom. The number of methoxy groups -OCH3 is 1. The largest absolute Gasteiger partial charge is 0.383 e. The fraction of sp³-hybridized carbons (Fsp3) is 0.571. The highest BCUT2D eigenvalue weighted by molar-refractivity contribution is 7.89. The van der Waals surface area contributed by atoms with Crippen molar-refractivity contribution in [3.05, 3.63) is 27.7 Å². The maximum absolute atomic E-state index is 12.6.